The van der Waals surface area contributed by atoms with Crippen molar-refractivity contribution in [1.29, 1.82) is 0 Å². The minimum Gasteiger partial charge on any atom is -0.364 e. The predicted octanol–water partition coefficient (Wildman–Crippen LogP) is 2.01. The Kier molecular flexibility index (Phi) is 5.01. The fourth-order valence-electron chi connectivity index (χ4n) is 1.69. The first-order chi connectivity index (χ1) is 9.20. The van der Waals surface area contributed by atoms with Crippen molar-refractivity contribution in [3.63, 3.8) is 0 Å². The zero-order chi connectivity index (χ0) is 15.3. The largest absolute Gasteiger partial charge is 0.364 e. The van der Waals surface area contributed by atoms with Crippen LogP contribution in [0.25, 0.3) is 0 Å². The molecule has 110 valence electrons. The molecule has 0 aromatic carbocycles. The third-order valence-electron chi connectivity index (χ3n) is 2.47. The minimum atomic E-state index is -0.472. The zero-order valence-electron chi connectivity index (χ0n) is 12.2. The number of amides is 1. The Morgan fingerprint density at radius 3 is 2.65 bits per heavy atom. The lowest BCUT2D eigenvalue weighted by Crippen LogP contribution is -2.41. The average Bonchev–Trinajstić information content (AvgIpc) is 2.25. The summed E-state index contributed by atoms with van der Waals surface area (Å²) in [5.41, 5.74) is 0.195. The first kappa shape index (κ1) is 15.9. The van der Waals surface area contributed by atoms with Crippen molar-refractivity contribution in [2.75, 3.05) is 11.9 Å². The van der Waals surface area contributed by atoms with E-state index < -0.39 is 4.92 Å². The molecule has 0 saturated heterocycles. The molecule has 2 N–H and O–H groups in total. The summed E-state index contributed by atoms with van der Waals surface area (Å²) >= 11 is 0. The molecule has 0 radical (unpaired) electrons. The van der Waals surface area contributed by atoms with Gasteiger partial charge in [-0.3, -0.25) is 14.9 Å². The van der Waals surface area contributed by atoms with E-state index >= 15 is 0 Å². The molecule has 7 heteroatoms. The molecule has 1 heterocycles. The Balaban J connectivity index is 2.61. The first-order valence-corrected chi connectivity index (χ1v) is 6.35. The molecule has 0 unspecified atom stereocenters. The van der Waals surface area contributed by atoms with E-state index in [2.05, 4.69) is 15.6 Å². The second-order valence-corrected chi connectivity index (χ2v) is 5.56. The van der Waals surface area contributed by atoms with Crippen molar-refractivity contribution < 1.29 is 9.72 Å². The van der Waals surface area contributed by atoms with Crippen LogP contribution in [0.5, 0.6) is 0 Å². The molecule has 1 amide bonds. The molecule has 7 nitrogen and oxygen atoms in total. The van der Waals surface area contributed by atoms with Crippen molar-refractivity contribution in [3.05, 3.63) is 27.9 Å². The number of nitrogens with zero attached hydrogens (tertiary/aromatic N) is 2. The SMILES string of the molecule is Cc1ccnc(NCCC(=O)NC(C)(C)C)c1[N+](=O)[O-]. The van der Waals surface area contributed by atoms with Gasteiger partial charge in [-0.25, -0.2) is 4.98 Å². The number of aromatic nitrogens is 1. The maximum atomic E-state index is 11.6. The summed E-state index contributed by atoms with van der Waals surface area (Å²) < 4.78 is 0. The van der Waals surface area contributed by atoms with Crippen molar-refractivity contribution in [3.8, 4) is 0 Å². The van der Waals surface area contributed by atoms with E-state index in [9.17, 15) is 14.9 Å². The highest BCUT2D eigenvalue weighted by Crippen LogP contribution is 2.25. The molecule has 1 aromatic heterocycles. The Hall–Kier alpha value is -2.18. The lowest BCUT2D eigenvalue weighted by molar-refractivity contribution is -0.384. The summed E-state index contributed by atoms with van der Waals surface area (Å²) in [5.74, 6) is 0.0823. The maximum Gasteiger partial charge on any atom is 0.314 e. The normalized spacial score (nSPS) is 11.0. The van der Waals surface area contributed by atoms with Crippen LogP contribution in [0.3, 0.4) is 0 Å². The Morgan fingerprint density at radius 1 is 1.45 bits per heavy atom. The molecule has 0 spiro atoms. The van der Waals surface area contributed by atoms with Gasteiger partial charge < -0.3 is 10.6 Å². The number of hydrogen-bond acceptors (Lipinski definition) is 5. The van der Waals surface area contributed by atoms with Gasteiger partial charge in [0.05, 0.1) is 4.92 Å². The highest BCUT2D eigenvalue weighted by atomic mass is 16.6. The Morgan fingerprint density at radius 2 is 2.10 bits per heavy atom. The summed E-state index contributed by atoms with van der Waals surface area (Å²) in [4.78, 5) is 26.1. The highest BCUT2D eigenvalue weighted by Gasteiger charge is 2.18. The Labute approximate surface area is 117 Å². The molecule has 0 aliphatic rings. The van der Waals surface area contributed by atoms with Gasteiger partial charge >= 0.3 is 5.69 Å². The highest BCUT2D eigenvalue weighted by molar-refractivity contribution is 5.77. The van der Waals surface area contributed by atoms with Gasteiger partial charge in [0.15, 0.2) is 0 Å². The quantitative estimate of drug-likeness (QED) is 0.635. The topological polar surface area (TPSA) is 97.2 Å². The van der Waals surface area contributed by atoms with Crippen molar-refractivity contribution in [2.45, 2.75) is 39.7 Å². The van der Waals surface area contributed by atoms with E-state index in [1.807, 2.05) is 20.8 Å². The molecule has 0 aliphatic carbocycles. The summed E-state index contributed by atoms with van der Waals surface area (Å²) in [7, 11) is 0. The average molecular weight is 280 g/mol. The second kappa shape index (κ2) is 6.31. The van der Waals surface area contributed by atoms with Crippen LogP contribution in [-0.2, 0) is 4.79 Å². The number of nitrogens with one attached hydrogen (secondary N) is 2. The lowest BCUT2D eigenvalue weighted by atomic mass is 10.1. The van der Waals surface area contributed by atoms with E-state index in [0.717, 1.165) is 0 Å². The van der Waals surface area contributed by atoms with E-state index in [1.54, 1.807) is 13.0 Å². The molecule has 1 rings (SSSR count). The molecule has 20 heavy (non-hydrogen) atoms. The number of pyridine rings is 1. The molecule has 0 fully saturated rings. The van der Waals surface area contributed by atoms with E-state index in [4.69, 9.17) is 0 Å². The van der Waals surface area contributed by atoms with E-state index in [1.165, 1.54) is 6.20 Å². The van der Waals surface area contributed by atoms with Gasteiger partial charge in [0.2, 0.25) is 11.7 Å². The van der Waals surface area contributed by atoms with Crippen LogP contribution in [0.1, 0.15) is 32.8 Å². The third-order valence-corrected chi connectivity index (χ3v) is 2.47. The molecule has 0 bridgehead atoms. The minimum absolute atomic E-state index is 0.0521. The summed E-state index contributed by atoms with van der Waals surface area (Å²) in [6.07, 6.45) is 1.73. The van der Waals surface area contributed by atoms with Crippen LogP contribution in [0.4, 0.5) is 11.5 Å². The van der Waals surface area contributed by atoms with Gasteiger partial charge in [-0.1, -0.05) is 0 Å². The molecule has 0 saturated carbocycles. The first-order valence-electron chi connectivity index (χ1n) is 6.35. The number of carbonyl (C=O) groups excluding carboxylic acids is 1. The van der Waals surface area contributed by atoms with E-state index in [0.29, 0.717) is 12.1 Å². The number of carbonyl (C=O) groups is 1. The number of aryl methyl sites for hydroxylation is 1. The van der Waals surface area contributed by atoms with Crippen LogP contribution in [-0.4, -0.2) is 27.9 Å². The molecular formula is C13H20N4O3. The number of rotatable bonds is 5. The van der Waals surface area contributed by atoms with Crippen molar-refractivity contribution >= 4 is 17.4 Å². The van der Waals surface area contributed by atoms with Crippen LogP contribution >= 0.6 is 0 Å². The van der Waals surface area contributed by atoms with Gasteiger partial charge in [0.25, 0.3) is 0 Å². The number of hydrogen-bond donors (Lipinski definition) is 2. The van der Waals surface area contributed by atoms with Gasteiger partial charge in [-0.05, 0) is 33.8 Å². The van der Waals surface area contributed by atoms with Gasteiger partial charge in [0, 0.05) is 30.3 Å². The van der Waals surface area contributed by atoms with Gasteiger partial charge in [-0.2, -0.15) is 0 Å². The zero-order valence-corrected chi connectivity index (χ0v) is 12.2. The monoisotopic (exact) mass is 280 g/mol. The lowest BCUT2D eigenvalue weighted by Gasteiger charge is -2.20. The van der Waals surface area contributed by atoms with Gasteiger partial charge in [-0.15, -0.1) is 0 Å². The summed E-state index contributed by atoms with van der Waals surface area (Å²) in [6.45, 7) is 7.62. The van der Waals surface area contributed by atoms with Gasteiger partial charge in [0.1, 0.15) is 0 Å². The molecular weight excluding hydrogens is 260 g/mol. The van der Waals surface area contributed by atoms with Crippen LogP contribution in [0, 0.1) is 17.0 Å². The fourth-order valence-corrected chi connectivity index (χ4v) is 1.69. The fraction of sp³-hybridized carbons (Fsp3) is 0.538. The summed E-state index contributed by atoms with van der Waals surface area (Å²) in [6, 6.07) is 1.58. The molecule has 1 aromatic rings. The Bertz CT molecular complexity index is 509. The van der Waals surface area contributed by atoms with Crippen LogP contribution in [0.2, 0.25) is 0 Å². The smallest absolute Gasteiger partial charge is 0.314 e. The maximum absolute atomic E-state index is 11.6. The summed E-state index contributed by atoms with van der Waals surface area (Å²) in [5, 5.41) is 16.6. The number of anilines is 1. The molecule has 0 atom stereocenters. The van der Waals surface area contributed by atoms with Crippen LogP contribution in [0.15, 0.2) is 12.3 Å². The van der Waals surface area contributed by atoms with Crippen molar-refractivity contribution in [1.82, 2.24) is 10.3 Å². The third kappa shape index (κ3) is 4.83. The predicted molar refractivity (Wildman–Crippen MR) is 76.6 cm³/mol. The number of nitro groups is 1. The van der Waals surface area contributed by atoms with Crippen LogP contribution < -0.4 is 10.6 Å². The van der Waals surface area contributed by atoms with Crippen molar-refractivity contribution in [2.24, 2.45) is 0 Å². The van der Waals surface area contributed by atoms with E-state index in [-0.39, 0.29) is 29.4 Å². The molecule has 0 aliphatic heterocycles. The second-order valence-electron chi connectivity index (χ2n) is 5.56. The standard InChI is InChI=1S/C13H20N4O3/c1-9-5-7-14-12(11(9)17(19)20)15-8-6-10(18)16-13(2,3)4/h5,7H,6,8H2,1-4H3,(H,14,15)(H,16,18).